The predicted octanol–water partition coefficient (Wildman–Crippen LogP) is 5.55. The van der Waals surface area contributed by atoms with Gasteiger partial charge in [-0.3, -0.25) is 5.26 Å². The molecule has 0 saturated heterocycles. The molecule has 27 heavy (non-hydrogen) atoms. The van der Waals surface area contributed by atoms with Crippen LogP contribution in [-0.2, 0) is 4.81 Å². The number of benzene rings is 5. The van der Waals surface area contributed by atoms with E-state index < -0.39 is 0 Å². The molecule has 2 nitrogen and oxygen atoms in total. The fourth-order valence-corrected chi connectivity index (χ4v) is 4.00. The minimum absolute atomic E-state index is 0.883. The van der Waals surface area contributed by atoms with Crippen LogP contribution in [0.25, 0.3) is 43.4 Å². The molecule has 0 fully saturated rings. The van der Waals surface area contributed by atoms with E-state index in [0.29, 0.717) is 0 Å². The van der Waals surface area contributed by atoms with Crippen LogP contribution in [0, 0.1) is 0 Å². The van der Waals surface area contributed by atoms with E-state index in [1.165, 1.54) is 29.4 Å². The average molecular weight is 347 g/mol. The van der Waals surface area contributed by atoms with Crippen molar-refractivity contribution in [3.8, 4) is 11.1 Å². The number of hydrogen-bond acceptors (Lipinski definition) is 2. The van der Waals surface area contributed by atoms with Crippen molar-refractivity contribution in [1.29, 1.82) is 0 Å². The highest BCUT2D eigenvalue weighted by atomic mass is 17.1. The Kier molecular flexibility index (Phi) is 3.90. The lowest BCUT2D eigenvalue weighted by Gasteiger charge is -2.16. The maximum absolute atomic E-state index is 9.09. The third-order valence-electron chi connectivity index (χ3n) is 5.18. The van der Waals surface area contributed by atoms with Gasteiger partial charge in [-0.25, -0.2) is 0 Å². The van der Waals surface area contributed by atoms with Gasteiger partial charge < -0.3 is 4.81 Å². The monoisotopic (exact) mass is 347 g/mol. The largest absolute Gasteiger partial charge is 0.382 e. The molecule has 1 N–H and O–H groups in total. The topological polar surface area (TPSA) is 29.5 Å². The molecular weight excluding hydrogens is 331 g/mol. The van der Waals surface area contributed by atoms with Crippen LogP contribution in [0.4, 0.5) is 0 Å². The molecule has 0 atom stereocenters. The maximum atomic E-state index is 9.09. The first-order valence-corrected chi connectivity index (χ1v) is 8.93. The molecule has 0 aliphatic rings. The van der Waals surface area contributed by atoms with Crippen molar-refractivity contribution in [3.05, 3.63) is 91.0 Å². The zero-order chi connectivity index (χ0) is 18.2. The van der Waals surface area contributed by atoms with Crippen LogP contribution in [0.15, 0.2) is 91.0 Å². The van der Waals surface area contributed by atoms with Crippen molar-refractivity contribution < 1.29 is 10.1 Å². The van der Waals surface area contributed by atoms with Crippen LogP contribution < -0.4 is 5.46 Å². The summed E-state index contributed by atoms with van der Waals surface area (Å²) in [7, 11) is 1.41. The number of rotatable bonds is 3. The van der Waals surface area contributed by atoms with Crippen LogP contribution in [0.3, 0.4) is 0 Å². The van der Waals surface area contributed by atoms with Crippen LogP contribution in [-0.4, -0.2) is 12.7 Å². The second-order valence-electron chi connectivity index (χ2n) is 6.67. The summed E-state index contributed by atoms with van der Waals surface area (Å²) in [4.78, 5) is 4.42. The van der Waals surface area contributed by atoms with E-state index in [0.717, 1.165) is 27.0 Å². The lowest BCUT2D eigenvalue weighted by atomic mass is 9.77. The van der Waals surface area contributed by atoms with E-state index in [4.69, 9.17) is 5.26 Å². The van der Waals surface area contributed by atoms with E-state index in [1.807, 2.05) is 24.3 Å². The van der Waals surface area contributed by atoms with Crippen molar-refractivity contribution in [2.75, 3.05) is 0 Å². The smallest absolute Gasteiger partial charge is 0.307 e. The number of hydrogen-bond donors (Lipinski definition) is 1. The van der Waals surface area contributed by atoms with Crippen LogP contribution >= 0.6 is 0 Å². The molecule has 0 bridgehead atoms. The van der Waals surface area contributed by atoms with Crippen molar-refractivity contribution in [2.24, 2.45) is 0 Å². The summed E-state index contributed by atoms with van der Waals surface area (Å²) in [5.41, 5.74) is 3.26. The summed E-state index contributed by atoms with van der Waals surface area (Å²) in [5, 5.41) is 15.9. The van der Waals surface area contributed by atoms with Crippen LogP contribution in [0.1, 0.15) is 0 Å². The Balaban J connectivity index is 1.94. The minimum atomic E-state index is 0.883. The van der Waals surface area contributed by atoms with Gasteiger partial charge >= 0.3 is 7.48 Å². The molecule has 5 aromatic carbocycles. The minimum Gasteiger partial charge on any atom is -0.307 e. The quantitative estimate of drug-likeness (QED) is 0.201. The van der Waals surface area contributed by atoms with Crippen LogP contribution in [0.2, 0.25) is 0 Å². The zero-order valence-corrected chi connectivity index (χ0v) is 14.6. The molecular formula is C24H16BO2. The highest BCUT2D eigenvalue weighted by molar-refractivity contribution is 6.56. The molecule has 0 aliphatic carbocycles. The molecule has 1 radical (unpaired) electrons. The first kappa shape index (κ1) is 16.1. The highest BCUT2D eigenvalue weighted by Crippen LogP contribution is 2.36. The second-order valence-corrected chi connectivity index (χ2v) is 6.67. The molecule has 0 saturated carbocycles. The van der Waals surface area contributed by atoms with Gasteiger partial charge in [0.25, 0.3) is 0 Å². The molecule has 3 heteroatoms. The van der Waals surface area contributed by atoms with Crippen LogP contribution in [0.5, 0.6) is 0 Å². The first-order chi connectivity index (χ1) is 13.4. The molecule has 0 spiro atoms. The summed E-state index contributed by atoms with van der Waals surface area (Å²) in [6, 6.07) is 31.5. The van der Waals surface area contributed by atoms with Crippen molar-refractivity contribution in [3.63, 3.8) is 0 Å². The normalized spacial score (nSPS) is 11.3. The molecule has 0 unspecified atom stereocenters. The van der Waals surface area contributed by atoms with E-state index in [1.54, 1.807) is 0 Å². The summed E-state index contributed by atoms with van der Waals surface area (Å²) in [6.07, 6.45) is 0. The summed E-state index contributed by atoms with van der Waals surface area (Å²) < 4.78 is 0. The van der Waals surface area contributed by atoms with Gasteiger partial charge in [0.1, 0.15) is 0 Å². The molecule has 0 amide bonds. The fraction of sp³-hybridized carbons (Fsp3) is 0. The maximum Gasteiger partial charge on any atom is 0.382 e. The van der Waals surface area contributed by atoms with E-state index in [9.17, 15) is 0 Å². The predicted molar refractivity (Wildman–Crippen MR) is 113 cm³/mol. The van der Waals surface area contributed by atoms with Gasteiger partial charge in [-0.15, -0.1) is 0 Å². The molecule has 0 aromatic heterocycles. The Morgan fingerprint density at radius 3 is 1.78 bits per heavy atom. The first-order valence-electron chi connectivity index (χ1n) is 8.93. The Morgan fingerprint density at radius 1 is 0.593 bits per heavy atom. The van der Waals surface area contributed by atoms with E-state index in [-0.39, 0.29) is 0 Å². The summed E-state index contributed by atoms with van der Waals surface area (Å²) in [6.45, 7) is 0. The van der Waals surface area contributed by atoms with Crippen molar-refractivity contribution in [2.45, 2.75) is 0 Å². The molecule has 127 valence electrons. The Morgan fingerprint density at radius 2 is 1.15 bits per heavy atom. The third kappa shape index (κ3) is 2.60. The third-order valence-corrected chi connectivity index (χ3v) is 5.18. The van der Waals surface area contributed by atoms with Gasteiger partial charge in [0.2, 0.25) is 0 Å². The standard InChI is InChI=1S/C24H16BO2/c26-27-25-24-21-11-5-3-9-19(21)23(20-10-4-6-12-22(20)24)18-14-13-16-7-1-2-8-17(16)15-18/h1-15,26H. The fourth-order valence-electron chi connectivity index (χ4n) is 4.00. The van der Waals surface area contributed by atoms with Crippen molar-refractivity contribution >= 4 is 45.3 Å². The second kappa shape index (κ2) is 6.55. The van der Waals surface area contributed by atoms with Gasteiger partial charge in [-0.2, -0.15) is 0 Å². The molecule has 5 rings (SSSR count). The number of fused-ring (bicyclic) bond motifs is 3. The zero-order valence-electron chi connectivity index (χ0n) is 14.6. The Labute approximate surface area is 157 Å². The lowest BCUT2D eigenvalue weighted by molar-refractivity contribution is -0.135. The van der Waals surface area contributed by atoms with Crippen molar-refractivity contribution in [1.82, 2.24) is 0 Å². The van der Waals surface area contributed by atoms with Gasteiger partial charge in [0.15, 0.2) is 0 Å². The summed E-state index contributed by atoms with van der Waals surface area (Å²) >= 11 is 0. The Bertz CT molecular complexity index is 1240. The molecule has 0 aliphatic heterocycles. The van der Waals surface area contributed by atoms with Gasteiger partial charge in [0, 0.05) is 0 Å². The lowest BCUT2D eigenvalue weighted by Crippen LogP contribution is -2.19. The SMILES string of the molecule is OO[B]c1c2ccccc2c(-c2ccc3ccccc3c2)c2ccccc12. The van der Waals surface area contributed by atoms with Gasteiger partial charge in [-0.1, -0.05) is 84.9 Å². The van der Waals surface area contributed by atoms with Gasteiger partial charge in [0.05, 0.1) is 0 Å². The highest BCUT2D eigenvalue weighted by Gasteiger charge is 2.16. The molecule has 5 aromatic rings. The van der Waals surface area contributed by atoms with E-state index in [2.05, 4.69) is 71.5 Å². The Hall–Kier alpha value is -3.14. The summed E-state index contributed by atoms with van der Waals surface area (Å²) in [5.74, 6) is 0. The van der Waals surface area contributed by atoms with Gasteiger partial charge in [-0.05, 0) is 55.0 Å². The average Bonchev–Trinajstić information content (AvgIpc) is 2.73. The molecule has 0 heterocycles. The van der Waals surface area contributed by atoms with E-state index >= 15 is 0 Å².